The summed E-state index contributed by atoms with van der Waals surface area (Å²) in [5.74, 6) is -0.213. The average Bonchev–Trinajstić information content (AvgIpc) is 2.51. The van der Waals surface area contributed by atoms with Crippen LogP contribution >= 0.6 is 23.2 Å². The number of nitrogens with zero attached hydrogens (tertiary/aromatic N) is 2. The lowest BCUT2D eigenvalue weighted by Crippen LogP contribution is -2.11. The van der Waals surface area contributed by atoms with Gasteiger partial charge < -0.3 is 4.18 Å². The maximum Gasteiger partial charge on any atom is 0.339 e. The molecular weight excluding hydrogens is 379 g/mol. The van der Waals surface area contributed by atoms with Gasteiger partial charge in [0.25, 0.3) is 5.69 Å². The second-order valence-corrected chi connectivity index (χ2v) is 6.96. The predicted molar refractivity (Wildman–Crippen MR) is 86.8 cm³/mol. The molecule has 24 heavy (non-hydrogen) atoms. The summed E-state index contributed by atoms with van der Waals surface area (Å²) in [6.45, 7) is 1.40. The number of rotatable bonds is 4. The SMILES string of the molecule is Cc1c(Cl)cc(S(=O)(=O)Oc2ccc(C#N)cc2Cl)cc1[N+](=O)[O-]. The number of nitro groups is 1. The maximum absolute atomic E-state index is 12.3. The molecular formula is C14H8Cl2N2O5S. The highest BCUT2D eigenvalue weighted by Gasteiger charge is 2.25. The topological polar surface area (TPSA) is 110 Å². The summed E-state index contributed by atoms with van der Waals surface area (Å²) in [6, 6.07) is 7.51. The van der Waals surface area contributed by atoms with Gasteiger partial charge in [-0.05, 0) is 31.2 Å². The number of nitro benzene ring substituents is 1. The van der Waals surface area contributed by atoms with Gasteiger partial charge in [0.1, 0.15) is 4.90 Å². The van der Waals surface area contributed by atoms with Crippen molar-refractivity contribution < 1.29 is 17.5 Å². The third kappa shape index (κ3) is 3.59. The van der Waals surface area contributed by atoms with Crippen LogP contribution in [-0.4, -0.2) is 13.3 Å². The van der Waals surface area contributed by atoms with Gasteiger partial charge in [0.15, 0.2) is 5.75 Å². The van der Waals surface area contributed by atoms with Crippen molar-refractivity contribution in [3.05, 3.63) is 61.6 Å². The summed E-state index contributed by atoms with van der Waals surface area (Å²) in [4.78, 5) is 9.77. The first-order valence-electron chi connectivity index (χ1n) is 6.24. The van der Waals surface area contributed by atoms with Crippen molar-refractivity contribution in [3.63, 3.8) is 0 Å². The van der Waals surface area contributed by atoms with Crippen LogP contribution in [0.25, 0.3) is 0 Å². The van der Waals surface area contributed by atoms with Gasteiger partial charge in [-0.1, -0.05) is 23.2 Å². The van der Waals surface area contributed by atoms with E-state index in [4.69, 9.17) is 32.6 Å². The molecule has 2 aromatic carbocycles. The highest BCUT2D eigenvalue weighted by atomic mass is 35.5. The Bertz CT molecular complexity index is 983. The normalized spacial score (nSPS) is 10.9. The highest BCUT2D eigenvalue weighted by Crippen LogP contribution is 2.32. The lowest BCUT2D eigenvalue weighted by molar-refractivity contribution is -0.385. The first kappa shape index (κ1) is 18.0. The molecule has 0 unspecified atom stereocenters. The van der Waals surface area contributed by atoms with Crippen molar-refractivity contribution in [2.45, 2.75) is 11.8 Å². The quantitative estimate of drug-likeness (QED) is 0.448. The molecule has 0 saturated heterocycles. The van der Waals surface area contributed by atoms with E-state index in [0.29, 0.717) is 0 Å². The Labute approximate surface area is 147 Å². The molecule has 0 aliphatic rings. The summed E-state index contributed by atoms with van der Waals surface area (Å²) >= 11 is 11.7. The van der Waals surface area contributed by atoms with Gasteiger partial charge in [-0.2, -0.15) is 13.7 Å². The Morgan fingerprint density at radius 2 is 1.88 bits per heavy atom. The Kier molecular flexibility index (Phi) is 4.99. The summed E-state index contributed by atoms with van der Waals surface area (Å²) in [5, 5.41) is 19.6. The van der Waals surface area contributed by atoms with Crippen LogP contribution in [-0.2, 0) is 10.1 Å². The van der Waals surface area contributed by atoms with Crippen LogP contribution in [0.2, 0.25) is 10.0 Å². The molecule has 0 N–H and O–H groups in total. The molecule has 2 aromatic rings. The zero-order chi connectivity index (χ0) is 18.1. The standard InChI is InChI=1S/C14H8Cl2N2O5S/c1-8-11(15)5-10(6-13(8)18(19)20)24(21,22)23-14-3-2-9(7-17)4-12(14)16/h2-6H,1H3. The molecule has 0 saturated carbocycles. The Morgan fingerprint density at radius 1 is 1.21 bits per heavy atom. The summed E-state index contributed by atoms with van der Waals surface area (Å²) in [5.41, 5.74) is -0.0913. The van der Waals surface area contributed by atoms with E-state index in [1.54, 1.807) is 0 Å². The smallest absolute Gasteiger partial charge is 0.339 e. The van der Waals surface area contributed by atoms with Gasteiger partial charge in [-0.25, -0.2) is 0 Å². The van der Waals surface area contributed by atoms with E-state index in [2.05, 4.69) is 0 Å². The molecule has 0 aliphatic carbocycles. The number of hydrogen-bond acceptors (Lipinski definition) is 6. The fourth-order valence-electron chi connectivity index (χ4n) is 1.78. The third-order valence-corrected chi connectivity index (χ3v) is 4.94. The van der Waals surface area contributed by atoms with E-state index >= 15 is 0 Å². The van der Waals surface area contributed by atoms with Crippen molar-refractivity contribution in [3.8, 4) is 11.8 Å². The molecule has 0 heterocycles. The summed E-state index contributed by atoms with van der Waals surface area (Å²) < 4.78 is 29.5. The molecule has 0 aromatic heterocycles. The van der Waals surface area contributed by atoms with Crippen LogP contribution in [0.5, 0.6) is 5.75 Å². The van der Waals surface area contributed by atoms with Gasteiger partial charge in [0.05, 0.1) is 26.6 Å². The molecule has 0 spiro atoms. The van der Waals surface area contributed by atoms with Crippen molar-refractivity contribution in [2.24, 2.45) is 0 Å². The van der Waals surface area contributed by atoms with E-state index in [1.807, 2.05) is 6.07 Å². The van der Waals surface area contributed by atoms with Gasteiger partial charge in [0.2, 0.25) is 0 Å². The summed E-state index contributed by atoms with van der Waals surface area (Å²) in [7, 11) is -4.41. The predicted octanol–water partition coefficient (Wildman–Crippen LogP) is 3.85. The molecule has 0 atom stereocenters. The average molecular weight is 387 g/mol. The van der Waals surface area contributed by atoms with Crippen LogP contribution in [0.3, 0.4) is 0 Å². The number of hydrogen-bond donors (Lipinski definition) is 0. The minimum absolute atomic E-state index is 0.0858. The van der Waals surface area contributed by atoms with Gasteiger partial charge >= 0.3 is 10.1 Å². The first-order valence-corrected chi connectivity index (χ1v) is 8.41. The van der Waals surface area contributed by atoms with Crippen LogP contribution in [0.4, 0.5) is 5.69 Å². The fraction of sp³-hybridized carbons (Fsp3) is 0.0714. The minimum atomic E-state index is -4.41. The second-order valence-electron chi connectivity index (χ2n) is 4.60. The molecule has 2 rings (SSSR count). The number of nitriles is 1. The highest BCUT2D eigenvalue weighted by molar-refractivity contribution is 7.87. The van der Waals surface area contributed by atoms with E-state index in [-0.39, 0.29) is 26.9 Å². The van der Waals surface area contributed by atoms with Crippen molar-refractivity contribution in [1.82, 2.24) is 0 Å². The van der Waals surface area contributed by atoms with Crippen LogP contribution < -0.4 is 4.18 Å². The monoisotopic (exact) mass is 386 g/mol. The number of benzene rings is 2. The maximum atomic E-state index is 12.3. The Hall–Kier alpha value is -2.34. The zero-order valence-corrected chi connectivity index (χ0v) is 14.3. The molecule has 0 bridgehead atoms. The second kappa shape index (κ2) is 6.65. The fourth-order valence-corrected chi connectivity index (χ4v) is 3.32. The minimum Gasteiger partial charge on any atom is -0.377 e. The molecule has 0 radical (unpaired) electrons. The zero-order valence-electron chi connectivity index (χ0n) is 12.0. The van der Waals surface area contributed by atoms with Crippen molar-refractivity contribution >= 4 is 39.0 Å². The molecule has 0 fully saturated rings. The van der Waals surface area contributed by atoms with E-state index in [9.17, 15) is 18.5 Å². The first-order chi connectivity index (χ1) is 11.2. The molecule has 10 heteroatoms. The summed E-state index contributed by atoms with van der Waals surface area (Å²) in [6.07, 6.45) is 0. The molecule has 124 valence electrons. The lowest BCUT2D eigenvalue weighted by Gasteiger charge is -2.10. The van der Waals surface area contributed by atoms with Crippen molar-refractivity contribution in [2.75, 3.05) is 0 Å². The van der Waals surface area contributed by atoms with Crippen LogP contribution in [0, 0.1) is 28.4 Å². The molecule has 7 nitrogen and oxygen atoms in total. The van der Waals surface area contributed by atoms with E-state index in [1.165, 1.54) is 25.1 Å². The number of halogens is 2. The van der Waals surface area contributed by atoms with E-state index < -0.39 is 25.6 Å². The lowest BCUT2D eigenvalue weighted by atomic mass is 10.2. The van der Waals surface area contributed by atoms with Crippen LogP contribution in [0.1, 0.15) is 11.1 Å². The largest absolute Gasteiger partial charge is 0.377 e. The molecule has 0 amide bonds. The Balaban J connectivity index is 2.49. The van der Waals surface area contributed by atoms with Gasteiger partial charge in [0, 0.05) is 11.6 Å². The van der Waals surface area contributed by atoms with Crippen molar-refractivity contribution in [1.29, 1.82) is 5.26 Å². The Morgan fingerprint density at radius 3 is 2.42 bits per heavy atom. The third-order valence-electron chi connectivity index (χ3n) is 3.04. The van der Waals surface area contributed by atoms with Gasteiger partial charge in [-0.3, -0.25) is 10.1 Å². The van der Waals surface area contributed by atoms with Gasteiger partial charge in [-0.15, -0.1) is 0 Å². The van der Waals surface area contributed by atoms with Crippen LogP contribution in [0.15, 0.2) is 35.2 Å². The molecule has 0 aliphatic heterocycles. The van der Waals surface area contributed by atoms with E-state index in [0.717, 1.165) is 12.1 Å².